The Kier molecular flexibility index (Phi) is 2.92. The van der Waals surface area contributed by atoms with Gasteiger partial charge in [-0.05, 0) is 7.05 Å². The minimum atomic E-state index is 0.677. The number of hydrogen-bond acceptors (Lipinski definition) is 3. The van der Waals surface area contributed by atoms with Crippen molar-refractivity contribution in [3.63, 3.8) is 0 Å². The molecule has 0 unspecified atom stereocenters. The summed E-state index contributed by atoms with van der Waals surface area (Å²) in [7, 11) is 3.75. The second-order valence-electron chi connectivity index (χ2n) is 2.25. The van der Waals surface area contributed by atoms with Crippen LogP contribution in [0, 0.1) is 0 Å². The number of nitrogens with one attached hydrogen (secondary N) is 1. The highest BCUT2D eigenvalue weighted by Gasteiger charge is 1.96. The molecule has 1 N–H and O–H groups in total. The Morgan fingerprint density at radius 1 is 1.73 bits per heavy atom. The summed E-state index contributed by atoms with van der Waals surface area (Å²) in [6.07, 6.45) is 1.72. The summed E-state index contributed by atoms with van der Waals surface area (Å²) >= 11 is 0. The van der Waals surface area contributed by atoms with Crippen LogP contribution in [-0.2, 0) is 7.05 Å². The Morgan fingerprint density at radius 3 is 3.09 bits per heavy atom. The molecule has 0 bridgehead atoms. The topological polar surface area (TPSA) is 39.1 Å². The van der Waals surface area contributed by atoms with Crippen molar-refractivity contribution in [3.8, 4) is 5.88 Å². The molecule has 0 spiro atoms. The Morgan fingerprint density at radius 2 is 2.55 bits per heavy atom. The van der Waals surface area contributed by atoms with Crippen molar-refractivity contribution in [3.05, 3.63) is 12.3 Å². The van der Waals surface area contributed by atoms with E-state index in [4.69, 9.17) is 4.74 Å². The average Bonchev–Trinajstić information content (AvgIpc) is 2.37. The zero-order valence-corrected chi connectivity index (χ0v) is 6.87. The monoisotopic (exact) mass is 155 g/mol. The molecule has 0 aliphatic carbocycles. The molecule has 0 saturated heterocycles. The Hall–Kier alpha value is -1.03. The second-order valence-corrected chi connectivity index (χ2v) is 2.25. The zero-order chi connectivity index (χ0) is 8.10. The van der Waals surface area contributed by atoms with Crippen LogP contribution in [0.2, 0.25) is 0 Å². The SMILES string of the molecule is CNCCOc1ccnn1C. The smallest absolute Gasteiger partial charge is 0.211 e. The summed E-state index contributed by atoms with van der Waals surface area (Å²) in [5.74, 6) is 0.806. The van der Waals surface area contributed by atoms with Gasteiger partial charge in [-0.3, -0.25) is 0 Å². The van der Waals surface area contributed by atoms with E-state index in [0.29, 0.717) is 6.61 Å². The van der Waals surface area contributed by atoms with Crippen LogP contribution < -0.4 is 10.1 Å². The molecule has 0 saturated carbocycles. The van der Waals surface area contributed by atoms with Crippen LogP contribution in [0.3, 0.4) is 0 Å². The normalized spacial score (nSPS) is 10.0. The van der Waals surface area contributed by atoms with E-state index >= 15 is 0 Å². The maximum Gasteiger partial charge on any atom is 0.211 e. The third kappa shape index (κ3) is 2.23. The van der Waals surface area contributed by atoms with Crippen molar-refractivity contribution < 1.29 is 4.74 Å². The molecular weight excluding hydrogens is 142 g/mol. The molecule has 1 rings (SSSR count). The van der Waals surface area contributed by atoms with E-state index in [1.165, 1.54) is 0 Å². The Labute approximate surface area is 66.2 Å². The summed E-state index contributed by atoms with van der Waals surface area (Å²) in [6.45, 7) is 1.53. The van der Waals surface area contributed by atoms with Gasteiger partial charge in [0.25, 0.3) is 0 Å². The fraction of sp³-hybridized carbons (Fsp3) is 0.571. The molecular formula is C7H13N3O. The molecule has 1 heterocycles. The lowest BCUT2D eigenvalue weighted by atomic mass is 10.6. The fourth-order valence-electron chi connectivity index (χ4n) is 0.761. The fourth-order valence-corrected chi connectivity index (χ4v) is 0.761. The summed E-state index contributed by atoms with van der Waals surface area (Å²) in [6, 6.07) is 1.84. The predicted octanol–water partition coefficient (Wildman–Crippen LogP) is 0.0183. The van der Waals surface area contributed by atoms with E-state index in [0.717, 1.165) is 12.4 Å². The molecule has 0 fully saturated rings. The van der Waals surface area contributed by atoms with E-state index in [2.05, 4.69) is 10.4 Å². The highest BCUT2D eigenvalue weighted by Crippen LogP contribution is 2.05. The maximum absolute atomic E-state index is 5.36. The van der Waals surface area contributed by atoms with E-state index in [1.807, 2.05) is 20.2 Å². The molecule has 4 heteroatoms. The standard InChI is InChI=1S/C7H13N3O/c1-8-5-6-11-7-3-4-9-10(7)2/h3-4,8H,5-6H2,1-2H3. The van der Waals surface area contributed by atoms with Gasteiger partial charge in [0.05, 0.1) is 6.20 Å². The highest BCUT2D eigenvalue weighted by atomic mass is 16.5. The first-order chi connectivity index (χ1) is 5.34. The molecule has 0 aromatic carbocycles. The number of hydrogen-bond donors (Lipinski definition) is 1. The lowest BCUT2D eigenvalue weighted by Gasteiger charge is -2.04. The van der Waals surface area contributed by atoms with Crippen LogP contribution in [0.5, 0.6) is 5.88 Å². The maximum atomic E-state index is 5.36. The number of aromatic nitrogens is 2. The molecule has 0 radical (unpaired) electrons. The number of aryl methyl sites for hydroxylation is 1. The van der Waals surface area contributed by atoms with Crippen molar-refractivity contribution in [2.75, 3.05) is 20.2 Å². The molecule has 11 heavy (non-hydrogen) atoms. The average molecular weight is 155 g/mol. The molecule has 0 aliphatic rings. The van der Waals surface area contributed by atoms with Crippen molar-refractivity contribution >= 4 is 0 Å². The third-order valence-corrected chi connectivity index (χ3v) is 1.38. The van der Waals surface area contributed by atoms with Gasteiger partial charge in [0.1, 0.15) is 6.61 Å². The van der Waals surface area contributed by atoms with Gasteiger partial charge in [-0.2, -0.15) is 5.10 Å². The van der Waals surface area contributed by atoms with Crippen LogP contribution in [0.4, 0.5) is 0 Å². The minimum Gasteiger partial charge on any atom is -0.476 e. The number of nitrogens with zero attached hydrogens (tertiary/aromatic N) is 2. The van der Waals surface area contributed by atoms with Crippen LogP contribution in [0.25, 0.3) is 0 Å². The highest BCUT2D eigenvalue weighted by molar-refractivity contribution is 5.06. The first-order valence-electron chi connectivity index (χ1n) is 3.60. The lowest BCUT2D eigenvalue weighted by Crippen LogP contribution is -2.16. The summed E-state index contributed by atoms with van der Waals surface area (Å²) < 4.78 is 7.06. The predicted molar refractivity (Wildman–Crippen MR) is 42.6 cm³/mol. The molecule has 0 amide bonds. The van der Waals surface area contributed by atoms with E-state index in [-0.39, 0.29) is 0 Å². The molecule has 0 atom stereocenters. The Balaban J connectivity index is 2.32. The van der Waals surface area contributed by atoms with Crippen molar-refractivity contribution in [1.29, 1.82) is 0 Å². The van der Waals surface area contributed by atoms with Gasteiger partial charge in [0.15, 0.2) is 0 Å². The van der Waals surface area contributed by atoms with E-state index in [9.17, 15) is 0 Å². The van der Waals surface area contributed by atoms with Gasteiger partial charge in [0, 0.05) is 19.7 Å². The van der Waals surface area contributed by atoms with Gasteiger partial charge in [-0.1, -0.05) is 0 Å². The minimum absolute atomic E-state index is 0.677. The molecule has 1 aromatic rings. The van der Waals surface area contributed by atoms with E-state index in [1.54, 1.807) is 10.9 Å². The van der Waals surface area contributed by atoms with Crippen LogP contribution >= 0.6 is 0 Å². The number of rotatable bonds is 4. The molecule has 62 valence electrons. The van der Waals surface area contributed by atoms with Gasteiger partial charge >= 0.3 is 0 Å². The number of ether oxygens (including phenoxy) is 1. The number of likely N-dealkylation sites (N-methyl/N-ethyl adjacent to an activating group) is 1. The Bertz CT molecular complexity index is 209. The summed E-state index contributed by atoms with van der Waals surface area (Å²) in [4.78, 5) is 0. The third-order valence-electron chi connectivity index (χ3n) is 1.38. The second kappa shape index (κ2) is 3.98. The largest absolute Gasteiger partial charge is 0.476 e. The molecule has 4 nitrogen and oxygen atoms in total. The van der Waals surface area contributed by atoms with Crippen molar-refractivity contribution in [2.24, 2.45) is 7.05 Å². The lowest BCUT2D eigenvalue weighted by molar-refractivity contribution is 0.291. The van der Waals surface area contributed by atoms with Crippen LogP contribution in [0.15, 0.2) is 12.3 Å². The van der Waals surface area contributed by atoms with Gasteiger partial charge < -0.3 is 10.1 Å². The first kappa shape index (κ1) is 8.07. The first-order valence-corrected chi connectivity index (χ1v) is 3.60. The summed E-state index contributed by atoms with van der Waals surface area (Å²) in [5.41, 5.74) is 0. The van der Waals surface area contributed by atoms with Crippen LogP contribution in [0.1, 0.15) is 0 Å². The van der Waals surface area contributed by atoms with E-state index < -0.39 is 0 Å². The summed E-state index contributed by atoms with van der Waals surface area (Å²) in [5, 5.41) is 6.96. The van der Waals surface area contributed by atoms with Gasteiger partial charge in [-0.15, -0.1) is 0 Å². The van der Waals surface area contributed by atoms with Crippen molar-refractivity contribution in [2.45, 2.75) is 0 Å². The molecule has 0 aliphatic heterocycles. The molecule has 1 aromatic heterocycles. The quantitative estimate of drug-likeness (QED) is 0.623. The van der Waals surface area contributed by atoms with Gasteiger partial charge in [0.2, 0.25) is 5.88 Å². The zero-order valence-electron chi connectivity index (χ0n) is 6.87. The van der Waals surface area contributed by atoms with Crippen molar-refractivity contribution in [1.82, 2.24) is 15.1 Å². The van der Waals surface area contributed by atoms with Crippen LogP contribution in [-0.4, -0.2) is 30.0 Å². The van der Waals surface area contributed by atoms with Gasteiger partial charge in [-0.25, -0.2) is 4.68 Å².